The van der Waals surface area contributed by atoms with Gasteiger partial charge in [-0.1, -0.05) is 11.8 Å². The van der Waals surface area contributed by atoms with Crippen LogP contribution in [0.15, 0.2) is 66.0 Å². The molecule has 3 aromatic carbocycles. The summed E-state index contributed by atoms with van der Waals surface area (Å²) in [6.07, 6.45) is 2.21. The summed E-state index contributed by atoms with van der Waals surface area (Å²) in [5.41, 5.74) is 1.30. The summed E-state index contributed by atoms with van der Waals surface area (Å²) in [6.45, 7) is 0.266. The summed E-state index contributed by atoms with van der Waals surface area (Å²) >= 11 is 6.78. The summed E-state index contributed by atoms with van der Waals surface area (Å²) in [4.78, 5) is 6.40. The number of hydrogen-bond donors (Lipinski definition) is 0. The van der Waals surface area contributed by atoms with Gasteiger partial charge >= 0.3 is 0 Å². The van der Waals surface area contributed by atoms with Crippen molar-refractivity contribution >= 4 is 34.9 Å². The minimum atomic E-state index is -0.717. The molecule has 4 rings (SSSR count). The molecule has 0 saturated carbocycles. The number of aromatic nitrogens is 2. The Balaban J connectivity index is 1.66. The zero-order valence-electron chi connectivity index (χ0n) is 21.6. The smallest absolute Gasteiger partial charge is 0.174 e. The maximum absolute atomic E-state index is 14.8. The Labute approximate surface area is 234 Å². The van der Waals surface area contributed by atoms with Crippen molar-refractivity contribution in [2.24, 2.45) is 0 Å². The van der Waals surface area contributed by atoms with Gasteiger partial charge in [0.05, 0.1) is 27.0 Å². The lowest BCUT2D eigenvalue weighted by atomic mass is 10.2. The Morgan fingerprint density at radius 2 is 1.64 bits per heavy atom. The van der Waals surface area contributed by atoms with Crippen molar-refractivity contribution in [1.82, 2.24) is 9.55 Å². The number of benzene rings is 3. The number of imidazole rings is 1. The van der Waals surface area contributed by atoms with Crippen LogP contribution in [0.2, 0.25) is 0 Å². The number of methoxy groups -OCH3 is 2. The van der Waals surface area contributed by atoms with Crippen molar-refractivity contribution in [2.45, 2.75) is 17.3 Å². The van der Waals surface area contributed by atoms with Crippen LogP contribution in [0.3, 0.4) is 0 Å². The highest BCUT2D eigenvalue weighted by Gasteiger charge is 2.20. The van der Waals surface area contributed by atoms with Gasteiger partial charge in [-0.2, -0.15) is 0 Å². The number of halogens is 4. The fraction of sp³-hybridized carbons (Fsp3) is 0.250. The van der Waals surface area contributed by atoms with E-state index in [9.17, 15) is 13.2 Å². The van der Waals surface area contributed by atoms with E-state index in [4.69, 9.17) is 25.8 Å². The van der Waals surface area contributed by atoms with E-state index in [1.54, 1.807) is 43.2 Å². The first kappa shape index (κ1) is 28.5. The molecule has 206 valence electrons. The molecule has 0 bridgehead atoms. The second-order valence-corrected chi connectivity index (χ2v) is 9.67. The summed E-state index contributed by atoms with van der Waals surface area (Å²) in [5.74, 6) is 0.414. The number of alkyl halides is 1. The van der Waals surface area contributed by atoms with E-state index in [1.807, 2.05) is 24.1 Å². The van der Waals surface area contributed by atoms with Gasteiger partial charge in [0.25, 0.3) is 0 Å². The standard InChI is InChI=1S/C28H27ClF3N3O3S/c1-34(20-9-10-25(36-2)26(13-20)37-3)27-16-33-28(35(27)19-7-5-18(30)6-8-19)39-17-22-23(31)14-21(15-24(22)32)38-12-4-11-29/h5-10,13-16H,4,11-12,17H2,1-3H3. The van der Waals surface area contributed by atoms with Crippen LogP contribution in [0.4, 0.5) is 24.7 Å². The van der Waals surface area contributed by atoms with Gasteiger partial charge in [-0.05, 0) is 42.8 Å². The van der Waals surface area contributed by atoms with Crippen LogP contribution in [0, 0.1) is 17.5 Å². The maximum atomic E-state index is 14.8. The first-order valence-corrected chi connectivity index (χ1v) is 13.5. The fourth-order valence-corrected chi connectivity index (χ4v) is 4.96. The zero-order valence-corrected chi connectivity index (χ0v) is 23.2. The number of rotatable bonds is 12. The minimum Gasteiger partial charge on any atom is -0.493 e. The van der Waals surface area contributed by atoms with Crippen LogP contribution in [-0.4, -0.2) is 43.3 Å². The summed E-state index contributed by atoms with van der Waals surface area (Å²) < 4.78 is 61.3. The molecule has 1 heterocycles. The molecular formula is C28H27ClF3N3O3S. The third-order valence-electron chi connectivity index (χ3n) is 5.90. The zero-order chi connectivity index (χ0) is 27.9. The molecule has 0 amide bonds. The number of ether oxygens (including phenoxy) is 3. The lowest BCUT2D eigenvalue weighted by Gasteiger charge is -2.23. The van der Waals surface area contributed by atoms with Gasteiger partial charge in [-0.3, -0.25) is 4.57 Å². The molecule has 0 saturated heterocycles. The quantitative estimate of drug-likeness (QED) is 0.0995. The maximum Gasteiger partial charge on any atom is 0.174 e. The van der Waals surface area contributed by atoms with Crippen LogP contribution in [0.1, 0.15) is 12.0 Å². The third-order valence-corrected chi connectivity index (χ3v) is 7.15. The number of hydrogen-bond acceptors (Lipinski definition) is 6. The number of thioether (sulfide) groups is 1. The molecule has 0 aliphatic carbocycles. The topological polar surface area (TPSA) is 48.8 Å². The van der Waals surface area contributed by atoms with Crippen molar-refractivity contribution in [3.05, 3.63) is 83.8 Å². The van der Waals surface area contributed by atoms with Crippen LogP contribution in [0.5, 0.6) is 17.2 Å². The summed E-state index contributed by atoms with van der Waals surface area (Å²) in [7, 11) is 4.95. The molecule has 4 aromatic rings. The third kappa shape index (κ3) is 6.57. The van der Waals surface area contributed by atoms with Gasteiger partial charge in [0.1, 0.15) is 29.0 Å². The highest BCUT2D eigenvalue weighted by atomic mass is 35.5. The molecule has 0 atom stereocenters. The Morgan fingerprint density at radius 1 is 0.949 bits per heavy atom. The van der Waals surface area contributed by atoms with Crippen molar-refractivity contribution in [3.63, 3.8) is 0 Å². The van der Waals surface area contributed by atoms with Crippen LogP contribution in [0.25, 0.3) is 5.69 Å². The number of nitrogens with zero attached hydrogens (tertiary/aromatic N) is 3. The van der Waals surface area contributed by atoms with Gasteiger partial charge in [0.15, 0.2) is 16.7 Å². The Morgan fingerprint density at radius 3 is 2.28 bits per heavy atom. The molecule has 1 aromatic heterocycles. The molecule has 0 N–H and O–H groups in total. The minimum absolute atomic E-state index is 0.0304. The second kappa shape index (κ2) is 13.0. The van der Waals surface area contributed by atoms with Crippen LogP contribution in [-0.2, 0) is 5.75 Å². The molecule has 39 heavy (non-hydrogen) atoms. The molecule has 11 heteroatoms. The molecule has 0 aliphatic heterocycles. The molecular weight excluding hydrogens is 551 g/mol. The van der Waals surface area contributed by atoms with E-state index >= 15 is 0 Å². The van der Waals surface area contributed by atoms with Crippen LogP contribution >= 0.6 is 23.4 Å². The summed E-state index contributed by atoms with van der Waals surface area (Å²) in [5, 5.41) is 0.463. The Hall–Kier alpha value is -3.50. The Bertz CT molecular complexity index is 1400. The lowest BCUT2D eigenvalue weighted by Crippen LogP contribution is -2.14. The van der Waals surface area contributed by atoms with Crippen molar-refractivity contribution < 1.29 is 27.4 Å². The summed E-state index contributed by atoms with van der Waals surface area (Å²) in [6, 6.07) is 13.7. The van der Waals surface area contributed by atoms with Gasteiger partial charge in [-0.25, -0.2) is 18.2 Å². The molecule has 0 spiro atoms. The molecule has 0 unspecified atom stereocenters. The van der Waals surface area contributed by atoms with E-state index in [2.05, 4.69) is 4.98 Å². The number of anilines is 2. The van der Waals surface area contributed by atoms with E-state index in [-0.39, 0.29) is 29.5 Å². The van der Waals surface area contributed by atoms with Gasteiger partial charge in [0, 0.05) is 53.8 Å². The van der Waals surface area contributed by atoms with Crippen molar-refractivity contribution in [2.75, 3.05) is 38.7 Å². The fourth-order valence-electron chi connectivity index (χ4n) is 3.85. The predicted octanol–water partition coefficient (Wildman–Crippen LogP) is 7.37. The molecule has 0 aliphatic rings. The van der Waals surface area contributed by atoms with Crippen molar-refractivity contribution in [1.29, 1.82) is 0 Å². The predicted molar refractivity (Wildman–Crippen MR) is 148 cm³/mol. The molecule has 6 nitrogen and oxygen atoms in total. The van der Waals surface area contributed by atoms with Gasteiger partial charge in [0.2, 0.25) is 0 Å². The normalized spacial score (nSPS) is 10.9. The monoisotopic (exact) mass is 577 g/mol. The largest absolute Gasteiger partial charge is 0.493 e. The average molecular weight is 578 g/mol. The van der Waals surface area contributed by atoms with E-state index < -0.39 is 11.6 Å². The second-order valence-electron chi connectivity index (χ2n) is 8.35. The van der Waals surface area contributed by atoms with E-state index in [0.717, 1.165) is 29.6 Å². The molecule has 0 fully saturated rings. The average Bonchev–Trinajstić information content (AvgIpc) is 3.36. The van der Waals surface area contributed by atoms with Crippen molar-refractivity contribution in [3.8, 4) is 22.9 Å². The highest BCUT2D eigenvalue weighted by Crippen LogP contribution is 2.37. The highest BCUT2D eigenvalue weighted by molar-refractivity contribution is 7.98. The SMILES string of the molecule is COc1ccc(N(C)c2cnc(SCc3c(F)cc(OCCCCl)cc3F)n2-c2ccc(F)cc2)cc1OC. The Kier molecular flexibility index (Phi) is 9.53. The molecule has 0 radical (unpaired) electrons. The van der Waals surface area contributed by atoms with E-state index in [0.29, 0.717) is 40.5 Å². The first-order chi connectivity index (χ1) is 18.9. The van der Waals surface area contributed by atoms with Crippen LogP contribution < -0.4 is 19.1 Å². The van der Waals surface area contributed by atoms with Gasteiger partial charge < -0.3 is 19.1 Å². The van der Waals surface area contributed by atoms with E-state index in [1.165, 1.54) is 12.1 Å². The van der Waals surface area contributed by atoms with Gasteiger partial charge in [-0.15, -0.1) is 11.6 Å². The lowest BCUT2D eigenvalue weighted by molar-refractivity contribution is 0.314. The first-order valence-electron chi connectivity index (χ1n) is 11.9.